The van der Waals surface area contributed by atoms with Crippen LogP contribution in [-0.2, 0) is 14.4 Å². The van der Waals surface area contributed by atoms with Crippen LogP contribution in [-0.4, -0.2) is 79.7 Å². The maximum absolute atomic E-state index is 13.8. The Labute approximate surface area is 199 Å². The third kappa shape index (κ3) is 2.81. The van der Waals surface area contributed by atoms with Gasteiger partial charge < -0.3 is 37.0 Å². The van der Waals surface area contributed by atoms with E-state index in [-0.39, 0.29) is 22.4 Å². The van der Waals surface area contributed by atoms with Gasteiger partial charge in [0.05, 0.1) is 34.9 Å². The number of aliphatic hydroxyl groups is 4. The van der Waals surface area contributed by atoms with E-state index in [0.29, 0.717) is 0 Å². The van der Waals surface area contributed by atoms with Gasteiger partial charge in [-0.15, -0.1) is 6.42 Å². The van der Waals surface area contributed by atoms with Crippen LogP contribution in [0.1, 0.15) is 29.5 Å². The largest absolute Gasteiger partial charge is 0.508 e. The van der Waals surface area contributed by atoms with E-state index in [9.17, 15) is 39.9 Å². The standard InChI is InChI=1S/C24H25N3O8/c1-5-8-6-9-7(2)10-12(17(28)11(9)19(30)15(8)25)21(32)24(35)14(18(10)29)16(27(3)4)20(31)13(22(24)33)23(26)34/h1,6-7,10,14,16,18,28-30,33,35H,25H2,2-4H3,(H2,26,34)/t7-,10+,14+,16-,18-,24-/m0/s1. The molecule has 11 heteroatoms. The Balaban J connectivity index is 2.09. The van der Waals surface area contributed by atoms with E-state index in [1.54, 1.807) is 6.92 Å². The first-order chi connectivity index (χ1) is 16.2. The molecule has 11 nitrogen and oxygen atoms in total. The average molecular weight is 483 g/mol. The molecule has 35 heavy (non-hydrogen) atoms. The third-order valence-corrected chi connectivity index (χ3v) is 7.45. The molecule has 1 aromatic rings. The Kier molecular flexibility index (Phi) is 5.26. The monoisotopic (exact) mass is 483 g/mol. The van der Waals surface area contributed by atoms with Gasteiger partial charge in [0.15, 0.2) is 17.1 Å². The number of phenols is 1. The molecule has 1 saturated carbocycles. The SMILES string of the molecule is C#Cc1cc2c(c(O)c1N)C(O)=C1C(=O)[C@]3(O)C(O)=C(C(N)=O)C(=O)[C@@H](N(C)C)[C@@H]3[C@@H](O)[C@@H]1[C@H]2C. The Morgan fingerprint density at radius 2 is 1.83 bits per heavy atom. The predicted molar refractivity (Wildman–Crippen MR) is 123 cm³/mol. The molecule has 3 aliphatic carbocycles. The van der Waals surface area contributed by atoms with Crippen LogP contribution in [0.5, 0.6) is 5.75 Å². The van der Waals surface area contributed by atoms with Crippen molar-refractivity contribution in [1.29, 1.82) is 0 Å². The van der Waals surface area contributed by atoms with Gasteiger partial charge in [0, 0.05) is 11.5 Å². The summed E-state index contributed by atoms with van der Waals surface area (Å²) in [6.45, 7) is 1.60. The number of Topliss-reactive ketones (excluding diaryl/α,β-unsaturated/α-hetero) is 2. The number of ketones is 2. The van der Waals surface area contributed by atoms with Crippen LogP contribution in [0.2, 0.25) is 0 Å². The van der Waals surface area contributed by atoms with Crippen molar-refractivity contribution in [2.75, 3.05) is 19.8 Å². The Morgan fingerprint density at radius 3 is 2.34 bits per heavy atom. The van der Waals surface area contributed by atoms with Crippen molar-refractivity contribution in [1.82, 2.24) is 4.90 Å². The highest BCUT2D eigenvalue weighted by atomic mass is 16.4. The smallest absolute Gasteiger partial charge is 0.255 e. The molecule has 0 saturated heterocycles. The number of nitrogen functional groups attached to an aromatic ring is 1. The molecule has 0 heterocycles. The number of hydrogen-bond donors (Lipinski definition) is 7. The highest BCUT2D eigenvalue weighted by Crippen LogP contribution is 2.56. The molecule has 1 aromatic carbocycles. The van der Waals surface area contributed by atoms with Crippen LogP contribution in [0.25, 0.3) is 5.76 Å². The number of hydrogen-bond acceptors (Lipinski definition) is 10. The van der Waals surface area contributed by atoms with Crippen molar-refractivity contribution in [3.8, 4) is 18.1 Å². The summed E-state index contributed by atoms with van der Waals surface area (Å²) in [6, 6.07) is 0.0219. The van der Waals surface area contributed by atoms with Crippen molar-refractivity contribution >= 4 is 28.9 Å². The first-order valence-electron chi connectivity index (χ1n) is 10.7. The quantitative estimate of drug-likeness (QED) is 0.119. The molecule has 6 atom stereocenters. The number of nitrogens with zero attached hydrogens (tertiary/aromatic N) is 1. The molecule has 1 fully saturated rings. The fraction of sp³-hybridized carbons (Fsp3) is 0.375. The molecular formula is C24H25N3O8. The van der Waals surface area contributed by atoms with Gasteiger partial charge >= 0.3 is 0 Å². The van der Waals surface area contributed by atoms with Gasteiger partial charge in [-0.05, 0) is 31.6 Å². The number of aromatic hydroxyl groups is 1. The van der Waals surface area contributed by atoms with E-state index in [1.807, 2.05) is 0 Å². The number of fused-ring (bicyclic) bond motifs is 3. The Hall–Kier alpha value is -3.85. The van der Waals surface area contributed by atoms with Gasteiger partial charge in [0.2, 0.25) is 5.78 Å². The molecule has 9 N–H and O–H groups in total. The maximum Gasteiger partial charge on any atom is 0.255 e. The fourth-order valence-corrected chi connectivity index (χ4v) is 5.81. The van der Waals surface area contributed by atoms with Crippen molar-refractivity contribution in [2.45, 2.75) is 30.6 Å². The van der Waals surface area contributed by atoms with E-state index >= 15 is 0 Å². The van der Waals surface area contributed by atoms with Crippen LogP contribution >= 0.6 is 0 Å². The van der Waals surface area contributed by atoms with Crippen LogP contribution < -0.4 is 11.5 Å². The number of likely N-dealkylation sites (N-methyl/N-ethyl adjacent to an activating group) is 1. The molecule has 184 valence electrons. The van der Waals surface area contributed by atoms with Crippen LogP contribution in [0.4, 0.5) is 5.69 Å². The zero-order valence-corrected chi connectivity index (χ0v) is 19.1. The second-order valence-electron chi connectivity index (χ2n) is 9.34. The summed E-state index contributed by atoms with van der Waals surface area (Å²) in [7, 11) is 2.87. The number of amides is 1. The third-order valence-electron chi connectivity index (χ3n) is 7.45. The second kappa shape index (κ2) is 7.58. The summed E-state index contributed by atoms with van der Waals surface area (Å²) < 4.78 is 0. The van der Waals surface area contributed by atoms with Crippen LogP contribution in [0.3, 0.4) is 0 Å². The molecular weight excluding hydrogens is 458 g/mol. The Bertz CT molecular complexity index is 1320. The molecule has 1 amide bonds. The van der Waals surface area contributed by atoms with E-state index in [4.69, 9.17) is 17.9 Å². The van der Waals surface area contributed by atoms with Gasteiger partial charge in [-0.2, -0.15) is 0 Å². The number of nitrogens with two attached hydrogens (primary N) is 2. The van der Waals surface area contributed by atoms with Gasteiger partial charge in [-0.3, -0.25) is 19.3 Å². The summed E-state index contributed by atoms with van der Waals surface area (Å²) in [6.07, 6.45) is 3.79. The molecule has 4 rings (SSSR count). The van der Waals surface area contributed by atoms with Crippen molar-refractivity contribution in [3.63, 3.8) is 0 Å². The van der Waals surface area contributed by atoms with Crippen molar-refractivity contribution < 1.29 is 39.9 Å². The van der Waals surface area contributed by atoms with Gasteiger partial charge in [0.1, 0.15) is 17.1 Å². The molecule has 0 bridgehead atoms. The summed E-state index contributed by atoms with van der Waals surface area (Å²) in [4.78, 5) is 40.2. The number of primary amides is 1. The highest BCUT2D eigenvalue weighted by Gasteiger charge is 2.68. The fourth-order valence-electron chi connectivity index (χ4n) is 5.81. The zero-order chi connectivity index (χ0) is 26.3. The molecule has 0 aromatic heterocycles. The van der Waals surface area contributed by atoms with Gasteiger partial charge in [-0.1, -0.05) is 12.8 Å². The molecule has 0 spiro atoms. The average Bonchev–Trinajstić information content (AvgIpc) is 2.77. The minimum Gasteiger partial charge on any atom is -0.508 e. The lowest BCUT2D eigenvalue weighted by molar-refractivity contribution is -0.169. The topological polar surface area (TPSA) is 208 Å². The molecule has 0 radical (unpaired) electrons. The number of carbonyl (C=O) groups excluding carboxylic acids is 3. The van der Waals surface area contributed by atoms with Crippen molar-refractivity contribution in [2.24, 2.45) is 17.6 Å². The molecule has 0 unspecified atom stereocenters. The lowest BCUT2D eigenvalue weighted by Gasteiger charge is -2.53. The number of rotatable bonds is 2. The summed E-state index contributed by atoms with van der Waals surface area (Å²) in [5.41, 5.74) is 6.69. The number of aliphatic hydroxyl groups excluding tert-OH is 3. The van der Waals surface area contributed by atoms with Gasteiger partial charge in [-0.25, -0.2) is 0 Å². The van der Waals surface area contributed by atoms with E-state index in [2.05, 4.69) is 5.92 Å². The first-order valence-corrected chi connectivity index (χ1v) is 10.7. The summed E-state index contributed by atoms with van der Waals surface area (Å²) in [5, 5.41) is 55.7. The van der Waals surface area contributed by atoms with Crippen LogP contribution in [0.15, 0.2) is 23.0 Å². The number of terminal acetylenes is 1. The number of benzene rings is 1. The maximum atomic E-state index is 13.8. The minimum absolute atomic E-state index is 0.128. The zero-order valence-electron chi connectivity index (χ0n) is 19.1. The Morgan fingerprint density at radius 1 is 1.23 bits per heavy atom. The number of anilines is 1. The lowest BCUT2D eigenvalue weighted by Crippen LogP contribution is -2.70. The number of phenolic OH excluding ortho intramolecular Hbond substituents is 1. The molecule has 0 aliphatic heterocycles. The van der Waals surface area contributed by atoms with Crippen molar-refractivity contribution in [3.05, 3.63) is 39.7 Å². The summed E-state index contributed by atoms with van der Waals surface area (Å²) in [5.74, 6) is -7.50. The first kappa shape index (κ1) is 24.3. The lowest BCUT2D eigenvalue weighted by atomic mass is 9.54. The van der Waals surface area contributed by atoms with E-state index in [0.717, 1.165) is 0 Å². The van der Waals surface area contributed by atoms with Crippen LogP contribution in [0, 0.1) is 24.2 Å². The van der Waals surface area contributed by atoms with E-state index in [1.165, 1.54) is 25.1 Å². The predicted octanol–water partition coefficient (Wildman–Crippen LogP) is -0.941. The highest BCUT2D eigenvalue weighted by molar-refractivity contribution is 6.24. The van der Waals surface area contributed by atoms with E-state index < -0.39 is 81.4 Å². The summed E-state index contributed by atoms with van der Waals surface area (Å²) >= 11 is 0. The second-order valence-corrected chi connectivity index (χ2v) is 9.34. The number of carbonyl (C=O) groups is 3. The normalized spacial score (nSPS) is 32.2. The van der Waals surface area contributed by atoms with Gasteiger partial charge in [0.25, 0.3) is 5.91 Å². The molecule has 3 aliphatic rings. The minimum atomic E-state index is -2.97.